The minimum atomic E-state index is 0.407. The lowest BCUT2D eigenvalue weighted by Gasteiger charge is -2.27. The van der Waals surface area contributed by atoms with E-state index in [0.717, 1.165) is 125 Å². The third-order valence-electron chi connectivity index (χ3n) is 18.1. The molecule has 0 aliphatic heterocycles. The molecular formula is C80H46N6S. The van der Waals surface area contributed by atoms with Crippen molar-refractivity contribution in [3.63, 3.8) is 0 Å². The van der Waals surface area contributed by atoms with E-state index in [1.807, 2.05) is 0 Å². The van der Waals surface area contributed by atoms with Gasteiger partial charge in [0.25, 0.3) is 0 Å². The van der Waals surface area contributed by atoms with Crippen molar-refractivity contribution in [1.29, 1.82) is 10.5 Å². The highest BCUT2D eigenvalue weighted by Gasteiger charge is 2.35. The van der Waals surface area contributed by atoms with Crippen molar-refractivity contribution in [2.24, 2.45) is 0 Å². The maximum Gasteiger partial charge on any atom is 0.104 e. The first kappa shape index (κ1) is 48.8. The van der Waals surface area contributed by atoms with Gasteiger partial charge in [-0.05, 0) is 88.0 Å². The highest BCUT2D eigenvalue weighted by atomic mass is 32.1. The van der Waals surface area contributed by atoms with Crippen molar-refractivity contribution >= 4 is 119 Å². The minimum absolute atomic E-state index is 0.407. The predicted octanol–water partition coefficient (Wildman–Crippen LogP) is 21.2. The van der Waals surface area contributed by atoms with Crippen LogP contribution in [0.5, 0.6) is 0 Å². The van der Waals surface area contributed by atoms with Gasteiger partial charge in [0.2, 0.25) is 0 Å². The molecule has 0 atom stereocenters. The fourth-order valence-corrected chi connectivity index (χ4v) is 15.8. The average molecular weight is 1120 g/mol. The summed E-state index contributed by atoms with van der Waals surface area (Å²) in [4.78, 5) is 0. The maximum absolute atomic E-state index is 13.1. The molecule has 0 aliphatic rings. The van der Waals surface area contributed by atoms with E-state index in [1.54, 1.807) is 11.3 Å². The number of para-hydroxylation sites is 6. The van der Waals surface area contributed by atoms with Crippen molar-refractivity contribution in [3.05, 3.63) is 290 Å². The molecule has 0 saturated carbocycles. The summed E-state index contributed by atoms with van der Waals surface area (Å²) in [5.41, 5.74) is 17.1. The zero-order chi connectivity index (χ0) is 57.4. The molecule has 0 bridgehead atoms. The van der Waals surface area contributed by atoms with Gasteiger partial charge < -0.3 is 18.3 Å². The van der Waals surface area contributed by atoms with Gasteiger partial charge in [-0.15, -0.1) is 11.3 Å². The van der Waals surface area contributed by atoms with Crippen LogP contribution in [0.2, 0.25) is 0 Å². The van der Waals surface area contributed by atoms with Gasteiger partial charge in [0.1, 0.15) is 23.3 Å². The van der Waals surface area contributed by atoms with E-state index in [0.29, 0.717) is 33.9 Å². The van der Waals surface area contributed by atoms with Gasteiger partial charge in [0, 0.05) is 63.3 Å². The number of hydrogen-bond donors (Lipinski definition) is 0. The Morgan fingerprint density at radius 2 is 0.621 bits per heavy atom. The van der Waals surface area contributed by atoms with E-state index in [1.165, 1.54) is 15.5 Å². The van der Waals surface area contributed by atoms with Crippen LogP contribution in [0.3, 0.4) is 0 Å². The molecule has 0 unspecified atom stereocenters. The number of nitriles is 2. The Morgan fingerprint density at radius 1 is 0.264 bits per heavy atom. The zero-order valence-corrected chi connectivity index (χ0v) is 47.5. The summed E-state index contributed by atoms with van der Waals surface area (Å²) >= 11 is 1.80. The van der Waals surface area contributed by atoms with E-state index >= 15 is 0 Å². The molecular weight excluding hydrogens is 1080 g/mol. The number of benzene rings is 13. The lowest BCUT2D eigenvalue weighted by Crippen LogP contribution is -2.16. The van der Waals surface area contributed by atoms with Crippen LogP contribution in [0.1, 0.15) is 11.1 Å². The van der Waals surface area contributed by atoms with Gasteiger partial charge in [-0.1, -0.05) is 224 Å². The molecule has 87 heavy (non-hydrogen) atoms. The number of thiophene rings is 1. The molecule has 0 aliphatic carbocycles. The molecule has 13 aromatic carbocycles. The Hall–Kier alpha value is -11.7. The molecule has 0 fully saturated rings. The number of aromatic nitrogens is 4. The minimum Gasteiger partial charge on any atom is -0.306 e. The van der Waals surface area contributed by atoms with Crippen LogP contribution in [0.4, 0.5) is 0 Å². The van der Waals surface area contributed by atoms with Crippen LogP contribution in [-0.2, 0) is 0 Å². The monoisotopic (exact) mass is 1120 g/mol. The lowest BCUT2D eigenvalue weighted by molar-refractivity contribution is 1.02. The van der Waals surface area contributed by atoms with E-state index in [2.05, 4.69) is 309 Å². The van der Waals surface area contributed by atoms with Crippen LogP contribution in [-0.4, -0.2) is 18.3 Å². The quantitative estimate of drug-likeness (QED) is 0.160. The maximum atomic E-state index is 13.1. The third kappa shape index (κ3) is 6.89. The van der Waals surface area contributed by atoms with Gasteiger partial charge in [-0.25, -0.2) is 0 Å². The van der Waals surface area contributed by atoms with E-state index in [9.17, 15) is 10.5 Å². The summed E-state index contributed by atoms with van der Waals surface area (Å²) in [6.45, 7) is 0. The standard InChI is InChI=1S/C80H46N6S/c81-47-63-76(83-65-35-14-7-26-54(65)55-27-8-15-36-66(55)83)77(84-67-37-16-9-28-56(67)57-29-10-17-38-68(57)84)64(48-82)79(78(63)85-69-39-18-11-30-58(69)59-31-12-19-40-70(59)85)86-71-45-44-61-60-32-13-20-41-73(60)87-80(61)75(71)62-43-42-51(46-72(62)86)74-52(49-22-3-1-4-23-49)33-21-34-53(74)50-24-5-2-6-25-50/h1-46H. The molecule has 0 spiro atoms. The lowest BCUT2D eigenvalue weighted by atomic mass is 9.87. The first-order chi connectivity index (χ1) is 43.2. The number of nitrogens with zero attached hydrogens (tertiary/aromatic N) is 6. The highest BCUT2D eigenvalue weighted by Crippen LogP contribution is 2.52. The predicted molar refractivity (Wildman–Crippen MR) is 362 cm³/mol. The summed E-state index contributed by atoms with van der Waals surface area (Å²) < 4.78 is 11.5. The molecule has 0 saturated heterocycles. The second-order valence-electron chi connectivity index (χ2n) is 22.4. The Bertz CT molecular complexity index is 5820. The fourth-order valence-electron chi connectivity index (χ4n) is 14.5. The van der Waals surface area contributed by atoms with Crippen LogP contribution in [0.25, 0.3) is 164 Å². The number of hydrogen-bond acceptors (Lipinski definition) is 3. The molecule has 0 radical (unpaired) electrons. The summed E-state index contributed by atoms with van der Waals surface area (Å²) in [6.07, 6.45) is 0. The van der Waals surface area contributed by atoms with E-state index in [-0.39, 0.29) is 0 Å². The normalized spacial score (nSPS) is 11.9. The Morgan fingerprint density at radius 3 is 1.03 bits per heavy atom. The van der Waals surface area contributed by atoms with Crippen LogP contribution >= 0.6 is 11.3 Å². The van der Waals surface area contributed by atoms with Crippen molar-refractivity contribution in [3.8, 4) is 68.3 Å². The first-order valence-electron chi connectivity index (χ1n) is 29.3. The Balaban J connectivity index is 1.12. The van der Waals surface area contributed by atoms with Crippen molar-refractivity contribution in [2.45, 2.75) is 0 Å². The van der Waals surface area contributed by atoms with Crippen molar-refractivity contribution in [2.75, 3.05) is 0 Å². The molecule has 7 heteroatoms. The second-order valence-corrected chi connectivity index (χ2v) is 23.5. The van der Waals surface area contributed by atoms with Crippen molar-refractivity contribution < 1.29 is 0 Å². The highest BCUT2D eigenvalue weighted by molar-refractivity contribution is 7.26. The van der Waals surface area contributed by atoms with Gasteiger partial charge in [0.05, 0.1) is 66.9 Å². The van der Waals surface area contributed by atoms with Crippen LogP contribution in [0, 0.1) is 22.7 Å². The SMILES string of the molecule is N#Cc1c(-n2c3ccccc3c3ccccc32)c(-n2c3ccccc3c3ccccc32)c(C#N)c(-n2c3cc(-c4c(-c5ccccc5)cccc4-c4ccccc4)ccc3c3c4sc5ccccc5c4ccc32)c1-n1c2ccccc2c2ccccc21. The number of rotatable bonds is 7. The molecule has 0 N–H and O–H groups in total. The van der Waals surface area contributed by atoms with E-state index < -0.39 is 0 Å². The van der Waals surface area contributed by atoms with Gasteiger partial charge in [-0.2, -0.15) is 10.5 Å². The molecule has 18 rings (SSSR count). The topological polar surface area (TPSA) is 67.3 Å². The van der Waals surface area contributed by atoms with Gasteiger partial charge in [-0.3, -0.25) is 0 Å². The first-order valence-corrected chi connectivity index (χ1v) is 30.1. The fraction of sp³-hybridized carbons (Fsp3) is 0. The molecule has 5 aromatic heterocycles. The van der Waals surface area contributed by atoms with Gasteiger partial charge >= 0.3 is 0 Å². The molecule has 402 valence electrons. The van der Waals surface area contributed by atoms with Crippen LogP contribution in [0.15, 0.2) is 279 Å². The third-order valence-corrected chi connectivity index (χ3v) is 19.3. The molecule has 0 amide bonds. The molecule has 5 heterocycles. The van der Waals surface area contributed by atoms with E-state index in [4.69, 9.17) is 0 Å². The second kappa shape index (κ2) is 18.9. The van der Waals surface area contributed by atoms with Crippen LogP contribution < -0.4 is 0 Å². The van der Waals surface area contributed by atoms with Crippen molar-refractivity contribution in [1.82, 2.24) is 18.3 Å². The van der Waals surface area contributed by atoms with Gasteiger partial charge in [0.15, 0.2) is 0 Å². The average Bonchev–Trinajstić information content (AvgIpc) is 1.62. The summed E-state index contributed by atoms with van der Waals surface area (Å²) in [5, 5.41) is 36.8. The number of fused-ring (bicyclic) bond motifs is 16. The Kier molecular flexibility index (Phi) is 10.6. The Labute approximate surface area is 502 Å². The summed E-state index contributed by atoms with van der Waals surface area (Å²) in [6, 6.07) is 105. The summed E-state index contributed by atoms with van der Waals surface area (Å²) in [7, 11) is 0. The zero-order valence-electron chi connectivity index (χ0n) is 46.6. The summed E-state index contributed by atoms with van der Waals surface area (Å²) in [5.74, 6) is 0. The smallest absolute Gasteiger partial charge is 0.104 e. The molecule has 18 aromatic rings. The largest absolute Gasteiger partial charge is 0.306 e. The molecule has 6 nitrogen and oxygen atoms in total.